The fraction of sp³-hybridized carbons (Fsp3) is 0.775. The van der Waals surface area contributed by atoms with Crippen LogP contribution < -0.4 is 22.2 Å². The number of nitrogens with zero attached hydrogens (tertiary/aromatic N) is 4. The summed E-state index contributed by atoms with van der Waals surface area (Å²) >= 11 is 0. The summed E-state index contributed by atoms with van der Waals surface area (Å²) in [6, 6.07) is 3.26. The van der Waals surface area contributed by atoms with Crippen molar-refractivity contribution in [3.8, 4) is 0 Å². The van der Waals surface area contributed by atoms with Crippen LogP contribution >= 0.6 is 0 Å². The fourth-order valence-corrected chi connectivity index (χ4v) is 16.9. The van der Waals surface area contributed by atoms with Gasteiger partial charge in [-0.05, 0) is 111 Å². The monoisotopic (exact) mass is 1280 g/mol. The zero-order valence-corrected chi connectivity index (χ0v) is 55.7. The number of imide groups is 2. The highest BCUT2D eigenvalue weighted by atomic mass is 16.2. The van der Waals surface area contributed by atoms with E-state index in [1.165, 1.54) is 197 Å². The van der Waals surface area contributed by atoms with Gasteiger partial charge in [-0.1, -0.05) is 276 Å². The molecule has 2 aliphatic carbocycles. The Morgan fingerprint density at radius 3 is 0.772 bits per heavy atom. The minimum absolute atomic E-state index is 0. The Bertz CT molecular complexity index is 2600. The molecule has 7 rings (SSSR count). The van der Waals surface area contributed by atoms with Crippen LogP contribution in [-0.4, -0.2) is 55.7 Å². The predicted molar refractivity (Wildman–Crippen MR) is 388 cm³/mol. The number of fused-ring (bicyclic) bond motifs is 2. The van der Waals surface area contributed by atoms with Crippen molar-refractivity contribution in [3.63, 3.8) is 0 Å². The molecule has 12 heteroatoms. The quantitative estimate of drug-likeness (QED) is 0.0400. The van der Waals surface area contributed by atoms with Gasteiger partial charge in [0.1, 0.15) is 0 Å². The Morgan fingerprint density at radius 1 is 0.283 bits per heavy atom. The van der Waals surface area contributed by atoms with Gasteiger partial charge in [-0.25, -0.2) is 0 Å². The average Bonchev–Trinajstić information content (AvgIpc) is 1.58. The first-order valence-corrected chi connectivity index (χ1v) is 36.9. The van der Waals surface area contributed by atoms with Gasteiger partial charge in [0.15, 0.2) is 0 Å². The SMILES string of the molecule is C.C.C.C.CCCCCCCCC1C(CCCCCC)CCC(CCCCCCCCN2C(=O)C=CC2=O)C1Cn1c(=O)c2cc3c(=O)n(CC4C(CCCCCCCCN5C(=O)C=CC5=O)CCC(CCCCCC)C4CCCCCCCC)c(=O)c3cc2c1=O. The maximum Gasteiger partial charge on any atom is 0.261 e. The van der Waals surface area contributed by atoms with Crippen LogP contribution in [0.2, 0.25) is 0 Å². The van der Waals surface area contributed by atoms with E-state index in [1.807, 2.05) is 0 Å². The van der Waals surface area contributed by atoms with Crippen molar-refractivity contribution in [2.45, 2.75) is 340 Å². The summed E-state index contributed by atoms with van der Waals surface area (Å²) in [4.78, 5) is 111. The third-order valence-electron chi connectivity index (χ3n) is 22.0. The van der Waals surface area contributed by atoms with E-state index in [1.54, 1.807) is 12.1 Å². The third-order valence-corrected chi connectivity index (χ3v) is 22.0. The molecule has 0 saturated heterocycles. The van der Waals surface area contributed by atoms with Crippen LogP contribution in [0.1, 0.15) is 327 Å². The summed E-state index contributed by atoms with van der Waals surface area (Å²) in [7, 11) is 0. The second-order valence-electron chi connectivity index (χ2n) is 28.2. The predicted octanol–water partition coefficient (Wildman–Crippen LogP) is 19.7. The van der Waals surface area contributed by atoms with Crippen molar-refractivity contribution in [2.75, 3.05) is 13.1 Å². The van der Waals surface area contributed by atoms with Crippen molar-refractivity contribution in [1.82, 2.24) is 18.9 Å². The summed E-state index contributed by atoms with van der Waals surface area (Å²) < 4.78 is 3.06. The summed E-state index contributed by atoms with van der Waals surface area (Å²) in [5.74, 6) is 2.27. The lowest BCUT2D eigenvalue weighted by Gasteiger charge is -2.44. The Labute approximate surface area is 559 Å². The second-order valence-corrected chi connectivity index (χ2v) is 28.2. The number of hydrogen-bond acceptors (Lipinski definition) is 8. The number of amides is 4. The minimum Gasteiger partial charge on any atom is -0.275 e. The van der Waals surface area contributed by atoms with Crippen LogP contribution in [0, 0.1) is 47.3 Å². The van der Waals surface area contributed by atoms with E-state index in [2.05, 4.69) is 27.7 Å². The topological polar surface area (TPSA) is 153 Å². The molecule has 4 heterocycles. The molecule has 4 aliphatic rings. The van der Waals surface area contributed by atoms with E-state index in [-0.39, 0.29) is 109 Å². The van der Waals surface area contributed by atoms with Crippen molar-refractivity contribution < 1.29 is 19.2 Å². The highest BCUT2D eigenvalue weighted by Gasteiger charge is 2.41. The summed E-state index contributed by atoms with van der Waals surface area (Å²) in [6.45, 7) is 10.8. The summed E-state index contributed by atoms with van der Waals surface area (Å²) in [5.41, 5.74) is -1.27. The highest BCUT2D eigenvalue weighted by Crippen LogP contribution is 2.48. The molecule has 2 aromatic heterocycles. The largest absolute Gasteiger partial charge is 0.275 e. The fourth-order valence-electron chi connectivity index (χ4n) is 16.9. The van der Waals surface area contributed by atoms with Crippen LogP contribution in [0.25, 0.3) is 21.5 Å². The van der Waals surface area contributed by atoms with Crippen molar-refractivity contribution in [3.05, 3.63) is 77.9 Å². The Hall–Kier alpha value is -4.74. The van der Waals surface area contributed by atoms with Gasteiger partial charge in [0.25, 0.3) is 45.9 Å². The van der Waals surface area contributed by atoms with Gasteiger partial charge >= 0.3 is 0 Å². The lowest BCUT2D eigenvalue weighted by molar-refractivity contribution is -0.138. The van der Waals surface area contributed by atoms with E-state index in [9.17, 15) is 19.2 Å². The minimum atomic E-state index is -0.317. The van der Waals surface area contributed by atoms with Gasteiger partial charge in [0.05, 0.1) is 21.5 Å². The molecule has 3 aromatic rings. The first kappa shape index (κ1) is 81.5. The molecule has 2 aliphatic heterocycles. The number of benzene rings is 1. The van der Waals surface area contributed by atoms with Crippen LogP contribution in [0.5, 0.6) is 0 Å². The second kappa shape index (κ2) is 44.1. The molecule has 92 heavy (non-hydrogen) atoms. The summed E-state index contributed by atoms with van der Waals surface area (Å²) in [6.07, 6.45) is 53.5. The maximum absolute atomic E-state index is 15.0. The molecular weight excluding hydrogens is 1140 g/mol. The Morgan fingerprint density at radius 2 is 0.500 bits per heavy atom. The van der Waals surface area contributed by atoms with E-state index in [4.69, 9.17) is 0 Å². The van der Waals surface area contributed by atoms with E-state index in [0.717, 1.165) is 116 Å². The zero-order valence-electron chi connectivity index (χ0n) is 55.7. The van der Waals surface area contributed by atoms with E-state index >= 15 is 19.2 Å². The standard InChI is InChI=1S/C76H118N4O8.4CH4/c1-5-9-13-17-25-33-41-61-57(37-29-15-11-7-3)43-45-59(39-31-23-19-21-27-35-51-77-69(81)47-48-70(77)82)67(61)55-79-73(85)63-53-65-66(54-64(63)74(79)86)76(88)80(75(65)87)56-68-60(40-32-24-20-22-28-36-52-78-71(83)49-50-72(78)84)46-44-58(38-30-16-12-8-4)62(68)42-34-26-18-14-10-6-2;;;;/h47-50,53-54,57-62,67-68H,5-46,51-52,55-56H2,1-4H3;4*1H4. The lowest BCUT2D eigenvalue weighted by atomic mass is 9.62. The lowest BCUT2D eigenvalue weighted by Crippen LogP contribution is -2.41. The molecule has 0 radical (unpaired) electrons. The molecule has 4 amide bonds. The number of carbonyl (C=O) groups excluding carboxylic acids is 4. The molecule has 0 spiro atoms. The third kappa shape index (κ3) is 23.3. The van der Waals surface area contributed by atoms with Gasteiger partial charge in [-0.15, -0.1) is 0 Å². The molecule has 8 unspecified atom stereocenters. The molecule has 1 aromatic carbocycles. The van der Waals surface area contributed by atoms with Gasteiger partial charge < -0.3 is 0 Å². The number of unbranched alkanes of at least 4 members (excludes halogenated alkanes) is 26. The van der Waals surface area contributed by atoms with Gasteiger partial charge in [0, 0.05) is 50.5 Å². The number of rotatable bonds is 46. The molecule has 12 nitrogen and oxygen atoms in total. The van der Waals surface area contributed by atoms with Crippen LogP contribution in [0.3, 0.4) is 0 Å². The van der Waals surface area contributed by atoms with E-state index in [0.29, 0.717) is 61.7 Å². The van der Waals surface area contributed by atoms with Crippen LogP contribution in [0.15, 0.2) is 55.6 Å². The molecule has 0 N–H and O–H groups in total. The molecule has 2 fully saturated rings. The maximum atomic E-state index is 15.0. The molecule has 522 valence electrons. The smallest absolute Gasteiger partial charge is 0.261 e. The van der Waals surface area contributed by atoms with Gasteiger partial charge in [0.2, 0.25) is 0 Å². The highest BCUT2D eigenvalue weighted by molar-refractivity contribution is 6.13. The molecule has 8 atom stereocenters. The first-order valence-electron chi connectivity index (χ1n) is 36.9. The van der Waals surface area contributed by atoms with Crippen LogP contribution in [-0.2, 0) is 32.3 Å². The van der Waals surface area contributed by atoms with Crippen LogP contribution in [0.4, 0.5) is 0 Å². The molecule has 0 bridgehead atoms. The van der Waals surface area contributed by atoms with Crippen molar-refractivity contribution in [2.24, 2.45) is 47.3 Å². The first-order chi connectivity index (χ1) is 42.9. The van der Waals surface area contributed by atoms with E-state index < -0.39 is 0 Å². The average molecular weight is 1280 g/mol. The Kier molecular flexibility index (Phi) is 39.1. The number of carbonyl (C=O) groups is 4. The number of aromatic nitrogens is 2. The zero-order chi connectivity index (χ0) is 62.6. The summed E-state index contributed by atoms with van der Waals surface area (Å²) in [5, 5.41) is 1.10. The van der Waals surface area contributed by atoms with Crippen molar-refractivity contribution in [1.29, 1.82) is 0 Å². The molecular formula is C80H134N4O8. The Balaban J connectivity index is 0.00000552. The normalized spacial score (nSPS) is 21.4. The number of hydrogen-bond donors (Lipinski definition) is 0. The van der Waals surface area contributed by atoms with Gasteiger partial charge in [-0.2, -0.15) is 0 Å². The molecule has 2 saturated carbocycles. The van der Waals surface area contributed by atoms with Gasteiger partial charge in [-0.3, -0.25) is 57.3 Å². The van der Waals surface area contributed by atoms with Crippen molar-refractivity contribution >= 4 is 45.2 Å².